The van der Waals surface area contributed by atoms with Gasteiger partial charge in [0.25, 0.3) is 0 Å². The lowest BCUT2D eigenvalue weighted by molar-refractivity contribution is -0.142. The van der Waals surface area contributed by atoms with Crippen LogP contribution in [0.15, 0.2) is 42.5 Å². The Hall–Kier alpha value is -3.35. The molecular weight excluding hydrogens is 399 g/mol. The summed E-state index contributed by atoms with van der Waals surface area (Å²) in [6, 6.07) is 12.0. The van der Waals surface area contributed by atoms with Crippen molar-refractivity contribution < 1.29 is 23.5 Å². The second kappa shape index (κ2) is 8.79. The van der Waals surface area contributed by atoms with Gasteiger partial charge in [0, 0.05) is 17.6 Å². The molecule has 1 unspecified atom stereocenters. The highest BCUT2D eigenvalue weighted by Gasteiger charge is 2.31. The van der Waals surface area contributed by atoms with Crippen LogP contribution in [0.5, 0.6) is 5.75 Å². The Kier molecular flexibility index (Phi) is 5.93. The van der Waals surface area contributed by atoms with Gasteiger partial charge in [-0.05, 0) is 54.7 Å². The van der Waals surface area contributed by atoms with E-state index in [9.17, 15) is 14.0 Å². The Morgan fingerprint density at radius 1 is 1.16 bits per heavy atom. The number of esters is 1. The summed E-state index contributed by atoms with van der Waals surface area (Å²) >= 11 is 0. The highest BCUT2D eigenvalue weighted by molar-refractivity contribution is 5.97. The summed E-state index contributed by atoms with van der Waals surface area (Å²) in [6.45, 7) is 0.298. The van der Waals surface area contributed by atoms with Crippen LogP contribution in [0.1, 0.15) is 42.0 Å². The number of amides is 1. The minimum Gasteiger partial charge on any atom is -0.481 e. The molecule has 1 heterocycles. The van der Waals surface area contributed by atoms with Crippen molar-refractivity contribution in [1.82, 2.24) is 4.57 Å². The van der Waals surface area contributed by atoms with Gasteiger partial charge in [-0.25, -0.2) is 9.18 Å². The van der Waals surface area contributed by atoms with Crippen LogP contribution >= 0.6 is 0 Å². The zero-order chi connectivity index (χ0) is 22.0. The Morgan fingerprint density at radius 2 is 1.94 bits per heavy atom. The second-order valence-electron chi connectivity index (χ2n) is 7.79. The predicted octanol–water partition coefficient (Wildman–Crippen LogP) is 3.68. The number of hydrogen-bond acceptors (Lipinski definition) is 4. The fraction of sp³-hybridized carbons (Fsp3) is 0.333. The largest absolute Gasteiger partial charge is 0.481 e. The van der Waals surface area contributed by atoms with Crippen LogP contribution in [0.3, 0.4) is 0 Å². The molecule has 0 fully saturated rings. The first-order valence-corrected chi connectivity index (χ1v) is 10.4. The van der Waals surface area contributed by atoms with Crippen molar-refractivity contribution in [1.29, 1.82) is 0 Å². The van der Waals surface area contributed by atoms with Crippen molar-refractivity contribution in [2.75, 3.05) is 13.7 Å². The Morgan fingerprint density at radius 3 is 2.65 bits per heavy atom. The average Bonchev–Trinajstić information content (AvgIpc) is 2.92. The number of rotatable bonds is 6. The normalized spacial score (nSPS) is 15.9. The molecule has 0 aliphatic heterocycles. The molecular formula is C24H25FN2O4. The fourth-order valence-corrected chi connectivity index (χ4v) is 4.43. The molecule has 0 bridgehead atoms. The quantitative estimate of drug-likeness (QED) is 0.483. The summed E-state index contributed by atoms with van der Waals surface area (Å²) in [5.41, 5.74) is 9.56. The molecule has 1 aliphatic carbocycles. The van der Waals surface area contributed by atoms with Gasteiger partial charge in [-0.3, -0.25) is 4.79 Å². The van der Waals surface area contributed by atoms with E-state index in [4.69, 9.17) is 15.2 Å². The van der Waals surface area contributed by atoms with Gasteiger partial charge >= 0.3 is 5.97 Å². The number of methoxy groups -OCH3 is 1. The first kappa shape index (κ1) is 20.9. The first-order valence-electron chi connectivity index (χ1n) is 10.4. The van der Waals surface area contributed by atoms with Crippen LogP contribution in [0.25, 0.3) is 10.9 Å². The van der Waals surface area contributed by atoms with E-state index in [-0.39, 0.29) is 18.3 Å². The summed E-state index contributed by atoms with van der Waals surface area (Å²) < 4.78 is 26.1. The van der Waals surface area contributed by atoms with Gasteiger partial charge in [0.1, 0.15) is 11.6 Å². The highest BCUT2D eigenvalue weighted by atomic mass is 19.1. The molecule has 6 nitrogen and oxygen atoms in total. The molecule has 1 atom stereocenters. The standard InChI is InChI=1S/C24H25FN2O4/c1-30-21(28)14-31-20-8-4-7-19-23(20)22-17(24(26)29)5-2-3-6-18(22)27(19)13-15-9-11-16(25)12-10-15/h4,7-12,17H,2-3,5-6,13-14H2,1H3,(H2,26,29). The maximum Gasteiger partial charge on any atom is 0.343 e. The van der Waals surface area contributed by atoms with Gasteiger partial charge in [0.15, 0.2) is 6.61 Å². The summed E-state index contributed by atoms with van der Waals surface area (Å²) in [5, 5.41) is 0.800. The van der Waals surface area contributed by atoms with Gasteiger partial charge in [-0.1, -0.05) is 24.6 Å². The SMILES string of the molecule is COC(=O)COc1cccc2c1c1c(n2Cc2ccc(F)cc2)CCCCC1C(N)=O. The molecule has 1 aliphatic rings. The van der Waals surface area contributed by atoms with Gasteiger partial charge in [-0.2, -0.15) is 0 Å². The topological polar surface area (TPSA) is 83.6 Å². The van der Waals surface area contributed by atoms with Crippen molar-refractivity contribution in [3.05, 3.63) is 65.1 Å². The third kappa shape index (κ3) is 4.13. The van der Waals surface area contributed by atoms with E-state index in [1.165, 1.54) is 19.2 Å². The number of ether oxygens (including phenoxy) is 2. The fourth-order valence-electron chi connectivity index (χ4n) is 4.43. The lowest BCUT2D eigenvalue weighted by Crippen LogP contribution is -2.21. The molecule has 2 N–H and O–H groups in total. The van der Waals surface area contributed by atoms with E-state index in [1.807, 2.05) is 12.1 Å². The van der Waals surface area contributed by atoms with Crippen molar-refractivity contribution >= 4 is 22.8 Å². The third-order valence-corrected chi connectivity index (χ3v) is 5.88. The minimum absolute atomic E-state index is 0.227. The molecule has 31 heavy (non-hydrogen) atoms. The third-order valence-electron chi connectivity index (χ3n) is 5.88. The molecule has 0 spiro atoms. The molecule has 0 radical (unpaired) electrons. The number of aromatic nitrogens is 1. The van der Waals surface area contributed by atoms with Crippen LogP contribution in [-0.4, -0.2) is 30.2 Å². The Balaban J connectivity index is 1.90. The second-order valence-corrected chi connectivity index (χ2v) is 7.79. The van der Waals surface area contributed by atoms with E-state index in [0.717, 1.165) is 47.0 Å². The van der Waals surface area contributed by atoms with Crippen LogP contribution in [0.2, 0.25) is 0 Å². The number of hydrogen-bond donors (Lipinski definition) is 1. The van der Waals surface area contributed by atoms with Crippen LogP contribution in [0, 0.1) is 5.82 Å². The van der Waals surface area contributed by atoms with Crippen molar-refractivity contribution in [3.8, 4) is 5.75 Å². The van der Waals surface area contributed by atoms with Crippen LogP contribution < -0.4 is 10.5 Å². The summed E-state index contributed by atoms with van der Waals surface area (Å²) in [7, 11) is 1.31. The highest BCUT2D eigenvalue weighted by Crippen LogP contribution is 2.42. The molecule has 162 valence electrons. The van der Waals surface area contributed by atoms with Crippen molar-refractivity contribution in [2.24, 2.45) is 5.73 Å². The summed E-state index contributed by atoms with van der Waals surface area (Å²) in [5.74, 6) is -1.05. The van der Waals surface area contributed by atoms with E-state index < -0.39 is 11.9 Å². The number of halogens is 1. The van der Waals surface area contributed by atoms with Gasteiger partial charge < -0.3 is 19.8 Å². The average molecular weight is 424 g/mol. The molecule has 0 saturated carbocycles. The molecule has 0 saturated heterocycles. The number of nitrogens with two attached hydrogens (primary N) is 1. The maximum absolute atomic E-state index is 13.4. The molecule has 3 aromatic rings. The van der Waals surface area contributed by atoms with E-state index >= 15 is 0 Å². The van der Waals surface area contributed by atoms with Gasteiger partial charge in [0.2, 0.25) is 5.91 Å². The van der Waals surface area contributed by atoms with Gasteiger partial charge in [-0.15, -0.1) is 0 Å². The zero-order valence-corrected chi connectivity index (χ0v) is 17.4. The number of primary amides is 1. The zero-order valence-electron chi connectivity index (χ0n) is 17.4. The molecule has 4 rings (SSSR count). The van der Waals surface area contributed by atoms with Crippen LogP contribution in [-0.2, 0) is 27.3 Å². The molecule has 1 aromatic heterocycles. The smallest absolute Gasteiger partial charge is 0.343 e. The Bertz CT molecular complexity index is 1120. The Labute approximate surface area is 179 Å². The first-order chi connectivity index (χ1) is 15.0. The number of nitrogens with zero attached hydrogens (tertiary/aromatic N) is 1. The van der Waals surface area contributed by atoms with E-state index in [0.29, 0.717) is 18.7 Å². The van der Waals surface area contributed by atoms with Crippen LogP contribution in [0.4, 0.5) is 4.39 Å². The monoisotopic (exact) mass is 424 g/mol. The predicted molar refractivity (Wildman–Crippen MR) is 114 cm³/mol. The summed E-state index contributed by atoms with van der Waals surface area (Å²) in [6.07, 6.45) is 3.30. The number of carbonyl (C=O) groups is 2. The van der Waals surface area contributed by atoms with Crippen molar-refractivity contribution in [2.45, 2.75) is 38.1 Å². The molecule has 2 aromatic carbocycles. The number of fused-ring (bicyclic) bond motifs is 3. The number of carbonyl (C=O) groups excluding carboxylic acids is 2. The van der Waals surface area contributed by atoms with E-state index in [1.54, 1.807) is 18.2 Å². The summed E-state index contributed by atoms with van der Waals surface area (Å²) in [4.78, 5) is 24.1. The van der Waals surface area contributed by atoms with Gasteiger partial charge in [0.05, 0.1) is 18.5 Å². The molecule has 7 heteroatoms. The number of benzene rings is 2. The maximum atomic E-state index is 13.4. The molecule has 1 amide bonds. The lowest BCUT2D eigenvalue weighted by Gasteiger charge is -2.14. The minimum atomic E-state index is -0.486. The van der Waals surface area contributed by atoms with E-state index in [2.05, 4.69) is 4.57 Å². The van der Waals surface area contributed by atoms with Crippen molar-refractivity contribution in [3.63, 3.8) is 0 Å². The lowest BCUT2D eigenvalue weighted by atomic mass is 9.92.